The Balaban J connectivity index is 1.69. The Morgan fingerprint density at radius 3 is 2.54 bits per heavy atom. The molecule has 2 aromatic carbocycles. The second-order valence-electron chi connectivity index (χ2n) is 8.21. The molecule has 178 valence electrons. The van der Waals surface area contributed by atoms with Crippen molar-refractivity contribution in [3.63, 3.8) is 0 Å². The van der Waals surface area contributed by atoms with E-state index >= 15 is 0 Å². The zero-order valence-corrected chi connectivity index (χ0v) is 19.8. The number of hydrogen-bond acceptors (Lipinski definition) is 7. The second-order valence-corrected chi connectivity index (χ2v) is 8.21. The standard InChI is InChI=1S/C27H26N4O4/c1-17-6-4-5-7-22(17)23(15-24(31-34-3)21-12-13-28-18(2)14-21)19-8-10-20(11-9-19)27-30-29-25(35-27)16-26(32)33/h4-14,23H,15-16H2,1-3H3,(H,32,33)/b31-24+/t23-/m1/s1. The minimum Gasteiger partial charge on any atom is -0.481 e. The van der Waals surface area contributed by atoms with Crippen LogP contribution in [-0.4, -0.2) is 39.1 Å². The molecule has 0 fully saturated rings. The summed E-state index contributed by atoms with van der Waals surface area (Å²) in [6.45, 7) is 4.05. The zero-order valence-electron chi connectivity index (χ0n) is 19.8. The SMILES string of the molecule is CO/N=C(\C[C@H](c1ccc(-c2nnc(CC(=O)O)o2)cc1)c1ccccc1C)c1ccnc(C)c1. The number of hydrogen-bond donors (Lipinski definition) is 1. The van der Waals surface area contributed by atoms with Crippen LogP contribution in [0.1, 0.15) is 46.2 Å². The Bertz CT molecular complexity index is 1350. The molecule has 1 N–H and O–H groups in total. The largest absolute Gasteiger partial charge is 0.481 e. The zero-order chi connectivity index (χ0) is 24.8. The Hall–Kier alpha value is -4.33. The van der Waals surface area contributed by atoms with Crippen molar-refractivity contribution in [3.8, 4) is 11.5 Å². The maximum atomic E-state index is 10.9. The molecule has 0 spiro atoms. The maximum Gasteiger partial charge on any atom is 0.312 e. The summed E-state index contributed by atoms with van der Waals surface area (Å²) >= 11 is 0. The minimum atomic E-state index is -1.02. The molecule has 0 amide bonds. The van der Waals surface area contributed by atoms with Gasteiger partial charge in [-0.2, -0.15) is 0 Å². The van der Waals surface area contributed by atoms with E-state index in [1.54, 1.807) is 13.3 Å². The van der Waals surface area contributed by atoms with Crippen molar-refractivity contribution in [1.29, 1.82) is 0 Å². The lowest BCUT2D eigenvalue weighted by atomic mass is 9.83. The van der Waals surface area contributed by atoms with Gasteiger partial charge in [0.2, 0.25) is 11.8 Å². The minimum absolute atomic E-state index is 0.0119. The van der Waals surface area contributed by atoms with Crippen LogP contribution < -0.4 is 0 Å². The number of benzene rings is 2. The van der Waals surface area contributed by atoms with E-state index in [0.29, 0.717) is 6.42 Å². The average molecular weight is 471 g/mol. The number of nitrogens with zero attached hydrogens (tertiary/aromatic N) is 4. The average Bonchev–Trinajstić information content (AvgIpc) is 3.30. The van der Waals surface area contributed by atoms with Crippen LogP contribution in [0.2, 0.25) is 0 Å². The van der Waals surface area contributed by atoms with Crippen molar-refractivity contribution in [3.05, 3.63) is 101 Å². The molecule has 4 aromatic rings. The third-order valence-electron chi connectivity index (χ3n) is 5.72. The van der Waals surface area contributed by atoms with Gasteiger partial charge in [-0.1, -0.05) is 41.6 Å². The number of pyridine rings is 1. The second kappa shape index (κ2) is 10.7. The lowest BCUT2D eigenvalue weighted by Gasteiger charge is -2.21. The first kappa shape index (κ1) is 23.8. The van der Waals surface area contributed by atoms with E-state index in [1.165, 1.54) is 11.1 Å². The van der Waals surface area contributed by atoms with E-state index in [0.717, 1.165) is 28.1 Å². The van der Waals surface area contributed by atoms with Crippen LogP contribution >= 0.6 is 0 Å². The van der Waals surface area contributed by atoms with E-state index in [-0.39, 0.29) is 24.1 Å². The summed E-state index contributed by atoms with van der Waals surface area (Å²) in [5.74, 6) is -0.649. The fourth-order valence-corrected chi connectivity index (χ4v) is 4.05. The van der Waals surface area contributed by atoms with E-state index < -0.39 is 5.97 Å². The van der Waals surface area contributed by atoms with E-state index in [9.17, 15) is 4.79 Å². The molecular weight excluding hydrogens is 444 g/mol. The first-order valence-electron chi connectivity index (χ1n) is 11.2. The first-order chi connectivity index (χ1) is 16.9. The van der Waals surface area contributed by atoms with Crippen LogP contribution in [0.3, 0.4) is 0 Å². The lowest BCUT2D eigenvalue weighted by Crippen LogP contribution is -2.12. The van der Waals surface area contributed by atoms with Gasteiger partial charge in [-0.15, -0.1) is 10.2 Å². The predicted octanol–water partition coefficient (Wildman–Crippen LogP) is 4.95. The predicted molar refractivity (Wildman–Crippen MR) is 131 cm³/mol. The number of carboxylic acid groups (broad SMARTS) is 1. The van der Waals surface area contributed by atoms with Gasteiger partial charge in [0.25, 0.3) is 0 Å². The number of aryl methyl sites for hydroxylation is 2. The van der Waals surface area contributed by atoms with Crippen molar-refractivity contribution in [2.24, 2.45) is 5.16 Å². The normalized spacial score (nSPS) is 12.4. The highest BCUT2D eigenvalue weighted by Crippen LogP contribution is 2.33. The summed E-state index contributed by atoms with van der Waals surface area (Å²) < 4.78 is 5.51. The van der Waals surface area contributed by atoms with Crippen LogP contribution in [0.25, 0.3) is 11.5 Å². The quantitative estimate of drug-likeness (QED) is 0.272. The molecule has 0 aliphatic carbocycles. The van der Waals surface area contributed by atoms with Gasteiger partial charge in [0.05, 0.1) is 5.71 Å². The van der Waals surface area contributed by atoms with Crippen molar-refractivity contribution in [1.82, 2.24) is 15.2 Å². The molecule has 8 heteroatoms. The van der Waals surface area contributed by atoms with E-state index in [1.807, 2.05) is 55.5 Å². The Labute approximate surface area is 203 Å². The smallest absolute Gasteiger partial charge is 0.312 e. The van der Waals surface area contributed by atoms with Crippen molar-refractivity contribution < 1.29 is 19.2 Å². The highest BCUT2D eigenvalue weighted by Gasteiger charge is 2.21. The number of oxime groups is 1. The molecule has 2 heterocycles. The summed E-state index contributed by atoms with van der Waals surface area (Å²) in [6, 6.07) is 20.1. The summed E-state index contributed by atoms with van der Waals surface area (Å²) in [4.78, 5) is 20.4. The molecule has 35 heavy (non-hydrogen) atoms. The molecule has 0 radical (unpaired) electrons. The third kappa shape index (κ3) is 5.78. The Morgan fingerprint density at radius 2 is 1.86 bits per heavy atom. The summed E-state index contributed by atoms with van der Waals surface area (Å²) in [5, 5.41) is 21.1. The number of aliphatic carboxylic acids is 1. The van der Waals surface area contributed by atoms with Crippen molar-refractivity contribution in [2.45, 2.75) is 32.6 Å². The lowest BCUT2D eigenvalue weighted by molar-refractivity contribution is -0.136. The summed E-state index contributed by atoms with van der Waals surface area (Å²) in [6.07, 6.45) is 2.08. The van der Waals surface area contributed by atoms with Crippen LogP contribution in [0.5, 0.6) is 0 Å². The topological polar surface area (TPSA) is 111 Å². The van der Waals surface area contributed by atoms with Gasteiger partial charge in [0, 0.05) is 35.4 Å². The van der Waals surface area contributed by atoms with Gasteiger partial charge >= 0.3 is 5.97 Å². The van der Waals surface area contributed by atoms with Gasteiger partial charge < -0.3 is 14.4 Å². The number of aromatic nitrogens is 3. The molecular formula is C27H26N4O4. The van der Waals surface area contributed by atoms with Gasteiger partial charge in [-0.05, 0) is 54.8 Å². The molecule has 1 atom stereocenters. The van der Waals surface area contributed by atoms with E-state index in [2.05, 4.69) is 39.4 Å². The molecule has 0 saturated carbocycles. The number of rotatable bonds is 9. The fraction of sp³-hybridized carbons (Fsp3) is 0.222. The van der Waals surface area contributed by atoms with Crippen LogP contribution in [0, 0.1) is 13.8 Å². The highest BCUT2D eigenvalue weighted by molar-refractivity contribution is 6.01. The van der Waals surface area contributed by atoms with Crippen LogP contribution in [0.4, 0.5) is 0 Å². The van der Waals surface area contributed by atoms with Crippen LogP contribution in [0.15, 0.2) is 76.4 Å². The third-order valence-corrected chi connectivity index (χ3v) is 5.72. The molecule has 8 nitrogen and oxygen atoms in total. The number of carboxylic acids is 1. The monoisotopic (exact) mass is 470 g/mol. The molecule has 0 unspecified atom stereocenters. The molecule has 4 rings (SSSR count). The highest BCUT2D eigenvalue weighted by atomic mass is 16.6. The maximum absolute atomic E-state index is 10.9. The van der Waals surface area contributed by atoms with Crippen molar-refractivity contribution >= 4 is 11.7 Å². The van der Waals surface area contributed by atoms with Gasteiger partial charge in [-0.25, -0.2) is 0 Å². The molecule has 0 aliphatic rings. The van der Waals surface area contributed by atoms with Crippen molar-refractivity contribution in [2.75, 3.05) is 7.11 Å². The Kier molecular flexibility index (Phi) is 7.30. The van der Waals surface area contributed by atoms with Crippen LogP contribution in [-0.2, 0) is 16.1 Å². The summed E-state index contributed by atoms with van der Waals surface area (Å²) in [5.41, 5.74) is 6.87. The van der Waals surface area contributed by atoms with Gasteiger partial charge in [0.15, 0.2) is 0 Å². The molecule has 0 saturated heterocycles. The van der Waals surface area contributed by atoms with E-state index in [4.69, 9.17) is 14.4 Å². The molecule has 0 aliphatic heterocycles. The summed E-state index contributed by atoms with van der Waals surface area (Å²) in [7, 11) is 1.55. The molecule has 0 bridgehead atoms. The molecule has 2 aromatic heterocycles. The number of carbonyl (C=O) groups is 1. The van der Waals surface area contributed by atoms with Gasteiger partial charge in [0.1, 0.15) is 13.5 Å². The fourth-order valence-electron chi connectivity index (χ4n) is 4.05. The van der Waals surface area contributed by atoms with Gasteiger partial charge in [-0.3, -0.25) is 9.78 Å². The Morgan fingerprint density at radius 1 is 1.09 bits per heavy atom. The first-order valence-corrected chi connectivity index (χ1v) is 11.2.